The Bertz CT molecular complexity index is 770. The van der Waals surface area contributed by atoms with Gasteiger partial charge in [0.2, 0.25) is 5.91 Å². The van der Waals surface area contributed by atoms with E-state index in [1.807, 2.05) is 49.4 Å². The third-order valence-electron chi connectivity index (χ3n) is 4.75. The zero-order valence-corrected chi connectivity index (χ0v) is 16.1. The lowest BCUT2D eigenvalue weighted by molar-refractivity contribution is -0.114. The van der Waals surface area contributed by atoms with Crippen LogP contribution < -0.4 is 15.4 Å². The summed E-state index contributed by atoms with van der Waals surface area (Å²) in [5.74, 6) is 0.716. The summed E-state index contributed by atoms with van der Waals surface area (Å²) in [4.78, 5) is 12.4. The van der Waals surface area contributed by atoms with E-state index in [0.29, 0.717) is 6.61 Å². The van der Waals surface area contributed by atoms with Crippen molar-refractivity contribution >= 4 is 17.3 Å². The monoisotopic (exact) mass is 368 g/mol. The standard InChI is InChI=1S/C22H28N2O3/c1-3-17-8-4-7-16(2)22(17)24-21(25)14-23-18-9-5-10-19(13-18)27-15-20-11-6-12-26-20/h4-5,7-10,13,20,23H,3,6,11-12,14-15H2,1-2H3,(H,24,25). The van der Waals surface area contributed by atoms with Crippen molar-refractivity contribution in [3.63, 3.8) is 0 Å². The number of hydrogen-bond donors (Lipinski definition) is 2. The first-order valence-corrected chi connectivity index (χ1v) is 9.62. The predicted molar refractivity (Wildman–Crippen MR) is 109 cm³/mol. The minimum Gasteiger partial charge on any atom is -0.491 e. The number of anilines is 2. The van der Waals surface area contributed by atoms with Gasteiger partial charge in [-0.25, -0.2) is 0 Å². The van der Waals surface area contributed by atoms with Gasteiger partial charge in [0.05, 0.1) is 12.6 Å². The zero-order chi connectivity index (χ0) is 19.1. The number of hydrogen-bond acceptors (Lipinski definition) is 4. The van der Waals surface area contributed by atoms with E-state index < -0.39 is 0 Å². The average molecular weight is 368 g/mol. The van der Waals surface area contributed by atoms with Crippen molar-refractivity contribution in [1.29, 1.82) is 0 Å². The molecule has 1 heterocycles. The molecule has 1 unspecified atom stereocenters. The summed E-state index contributed by atoms with van der Waals surface area (Å²) in [5.41, 5.74) is 4.00. The largest absolute Gasteiger partial charge is 0.491 e. The Hall–Kier alpha value is -2.53. The van der Waals surface area contributed by atoms with Crippen LogP contribution in [-0.2, 0) is 16.0 Å². The van der Waals surface area contributed by atoms with Crippen LogP contribution in [0.25, 0.3) is 0 Å². The summed E-state index contributed by atoms with van der Waals surface area (Å²) in [6.07, 6.45) is 3.23. The molecular formula is C22H28N2O3. The molecule has 5 nitrogen and oxygen atoms in total. The second-order valence-electron chi connectivity index (χ2n) is 6.84. The van der Waals surface area contributed by atoms with Gasteiger partial charge >= 0.3 is 0 Å². The minimum absolute atomic E-state index is 0.0651. The summed E-state index contributed by atoms with van der Waals surface area (Å²) < 4.78 is 11.4. The van der Waals surface area contributed by atoms with Gasteiger partial charge in [0.1, 0.15) is 12.4 Å². The zero-order valence-electron chi connectivity index (χ0n) is 16.1. The first-order chi connectivity index (χ1) is 13.2. The van der Waals surface area contributed by atoms with E-state index in [1.54, 1.807) is 0 Å². The number of carbonyl (C=O) groups is 1. The summed E-state index contributed by atoms with van der Waals surface area (Å²) >= 11 is 0. The summed E-state index contributed by atoms with van der Waals surface area (Å²) in [6, 6.07) is 13.7. The number of ether oxygens (including phenoxy) is 2. The maximum atomic E-state index is 12.4. The van der Waals surface area contributed by atoms with Crippen LogP contribution in [0.3, 0.4) is 0 Å². The van der Waals surface area contributed by atoms with Crippen LogP contribution >= 0.6 is 0 Å². The highest BCUT2D eigenvalue weighted by atomic mass is 16.5. The topological polar surface area (TPSA) is 59.6 Å². The molecule has 2 aromatic rings. The van der Waals surface area contributed by atoms with Gasteiger partial charge in [0.15, 0.2) is 0 Å². The Kier molecular flexibility index (Phi) is 6.71. The molecule has 3 rings (SSSR count). The van der Waals surface area contributed by atoms with Gasteiger partial charge < -0.3 is 20.1 Å². The van der Waals surface area contributed by atoms with Crippen LogP contribution in [-0.4, -0.2) is 31.8 Å². The first-order valence-electron chi connectivity index (χ1n) is 9.62. The number of para-hydroxylation sites is 1. The number of amides is 1. The fraction of sp³-hybridized carbons (Fsp3) is 0.409. The van der Waals surface area contributed by atoms with Crippen LogP contribution in [0.4, 0.5) is 11.4 Å². The summed E-state index contributed by atoms with van der Waals surface area (Å²) in [7, 11) is 0. The summed E-state index contributed by atoms with van der Waals surface area (Å²) in [5, 5.41) is 6.19. The molecule has 1 saturated heterocycles. The highest BCUT2D eigenvalue weighted by molar-refractivity contribution is 5.95. The number of nitrogens with one attached hydrogen (secondary N) is 2. The molecule has 1 atom stereocenters. The number of aryl methyl sites for hydroxylation is 2. The normalized spacial score (nSPS) is 16.1. The lowest BCUT2D eigenvalue weighted by atomic mass is 10.1. The van der Waals surface area contributed by atoms with Gasteiger partial charge in [0.25, 0.3) is 0 Å². The molecule has 0 bridgehead atoms. The van der Waals surface area contributed by atoms with Gasteiger partial charge in [-0.15, -0.1) is 0 Å². The smallest absolute Gasteiger partial charge is 0.243 e. The molecule has 1 amide bonds. The highest BCUT2D eigenvalue weighted by Gasteiger charge is 2.16. The molecule has 0 saturated carbocycles. The fourth-order valence-electron chi connectivity index (χ4n) is 3.23. The molecule has 1 fully saturated rings. The molecule has 0 aliphatic carbocycles. The molecule has 27 heavy (non-hydrogen) atoms. The molecule has 1 aliphatic heterocycles. The molecule has 2 aromatic carbocycles. The SMILES string of the molecule is CCc1cccc(C)c1NC(=O)CNc1cccc(OCC2CCCO2)c1. The number of benzene rings is 2. The summed E-state index contributed by atoms with van der Waals surface area (Å²) in [6.45, 7) is 5.69. The molecule has 144 valence electrons. The van der Waals surface area contributed by atoms with Crippen LogP contribution in [0, 0.1) is 6.92 Å². The van der Waals surface area contributed by atoms with Gasteiger partial charge in [-0.2, -0.15) is 0 Å². The fourth-order valence-corrected chi connectivity index (χ4v) is 3.23. The average Bonchev–Trinajstić information content (AvgIpc) is 3.20. The Balaban J connectivity index is 1.52. The van der Waals surface area contributed by atoms with Crippen LogP contribution in [0.1, 0.15) is 30.9 Å². The molecule has 2 N–H and O–H groups in total. The van der Waals surface area contributed by atoms with Gasteiger partial charge in [0, 0.05) is 24.0 Å². The maximum Gasteiger partial charge on any atom is 0.243 e. The van der Waals surface area contributed by atoms with Crippen molar-refractivity contribution < 1.29 is 14.3 Å². The first kappa shape index (κ1) is 19.2. The third kappa shape index (κ3) is 5.47. The third-order valence-corrected chi connectivity index (χ3v) is 4.75. The Morgan fingerprint density at radius 3 is 2.89 bits per heavy atom. The van der Waals surface area contributed by atoms with Crippen molar-refractivity contribution in [2.75, 3.05) is 30.4 Å². The van der Waals surface area contributed by atoms with E-state index in [-0.39, 0.29) is 18.6 Å². The maximum absolute atomic E-state index is 12.4. The van der Waals surface area contributed by atoms with Crippen LogP contribution in [0.15, 0.2) is 42.5 Å². The Morgan fingerprint density at radius 1 is 1.26 bits per heavy atom. The van der Waals surface area contributed by atoms with Gasteiger partial charge in [-0.1, -0.05) is 31.2 Å². The van der Waals surface area contributed by atoms with E-state index in [2.05, 4.69) is 17.6 Å². The predicted octanol–water partition coefficient (Wildman–Crippen LogP) is 4.17. The van der Waals surface area contributed by atoms with Crippen molar-refractivity contribution in [3.8, 4) is 5.75 Å². The van der Waals surface area contributed by atoms with Gasteiger partial charge in [-0.05, 0) is 49.4 Å². The van der Waals surface area contributed by atoms with E-state index in [4.69, 9.17) is 9.47 Å². The van der Waals surface area contributed by atoms with E-state index >= 15 is 0 Å². The lowest BCUT2D eigenvalue weighted by Crippen LogP contribution is -2.23. The lowest BCUT2D eigenvalue weighted by Gasteiger charge is -2.14. The quantitative estimate of drug-likeness (QED) is 0.734. The molecule has 0 radical (unpaired) electrons. The van der Waals surface area contributed by atoms with Crippen molar-refractivity contribution in [1.82, 2.24) is 0 Å². The Morgan fingerprint density at radius 2 is 2.11 bits per heavy atom. The molecule has 0 aromatic heterocycles. The van der Waals surface area contributed by atoms with Crippen molar-refractivity contribution in [2.24, 2.45) is 0 Å². The Labute approximate surface area is 161 Å². The molecule has 0 spiro atoms. The second kappa shape index (κ2) is 9.42. The van der Waals surface area contributed by atoms with E-state index in [0.717, 1.165) is 54.1 Å². The van der Waals surface area contributed by atoms with E-state index in [9.17, 15) is 4.79 Å². The highest BCUT2D eigenvalue weighted by Crippen LogP contribution is 2.22. The van der Waals surface area contributed by atoms with Crippen molar-refractivity contribution in [2.45, 2.75) is 39.2 Å². The van der Waals surface area contributed by atoms with Gasteiger partial charge in [-0.3, -0.25) is 4.79 Å². The van der Waals surface area contributed by atoms with Crippen molar-refractivity contribution in [3.05, 3.63) is 53.6 Å². The molecule has 1 aliphatic rings. The second-order valence-corrected chi connectivity index (χ2v) is 6.84. The number of carbonyl (C=O) groups excluding carboxylic acids is 1. The molecule has 5 heteroatoms. The molecular weight excluding hydrogens is 340 g/mol. The number of rotatable bonds is 8. The van der Waals surface area contributed by atoms with Crippen LogP contribution in [0.5, 0.6) is 5.75 Å². The van der Waals surface area contributed by atoms with Crippen LogP contribution in [0.2, 0.25) is 0 Å². The minimum atomic E-state index is -0.0651. The van der Waals surface area contributed by atoms with E-state index in [1.165, 1.54) is 0 Å².